The molecule has 0 fully saturated rings. The van der Waals surface area contributed by atoms with Crippen LogP contribution >= 0.6 is 11.6 Å². The summed E-state index contributed by atoms with van der Waals surface area (Å²) >= 11 is 5.93. The topological polar surface area (TPSA) is 34.1 Å². The molecule has 2 rings (SSSR count). The number of ether oxygens (including phenoxy) is 1. The summed E-state index contributed by atoms with van der Waals surface area (Å²) in [5.41, 5.74) is 2.25. The molecule has 4 heteroatoms. The number of halogens is 1. The van der Waals surface area contributed by atoms with Gasteiger partial charge in [0.2, 0.25) is 0 Å². The molecule has 0 amide bonds. The molecule has 100 valence electrons. The van der Waals surface area contributed by atoms with Gasteiger partial charge in [0.15, 0.2) is 0 Å². The Hall–Kier alpha value is -1.58. The molecule has 0 spiro atoms. The van der Waals surface area contributed by atoms with E-state index < -0.39 is 0 Å². The summed E-state index contributed by atoms with van der Waals surface area (Å²) in [6.07, 6.45) is 3.70. The van der Waals surface area contributed by atoms with Crippen molar-refractivity contribution < 1.29 is 4.74 Å². The molecule has 1 N–H and O–H groups in total. The summed E-state index contributed by atoms with van der Waals surface area (Å²) in [5.74, 6) is 0.772. The van der Waals surface area contributed by atoms with E-state index in [-0.39, 0.29) is 6.04 Å². The minimum Gasteiger partial charge on any atom is -0.492 e. The number of nitrogens with one attached hydrogen (secondary N) is 1. The van der Waals surface area contributed by atoms with Crippen LogP contribution in [-0.4, -0.2) is 18.6 Å². The van der Waals surface area contributed by atoms with Gasteiger partial charge in [-0.3, -0.25) is 4.98 Å². The standard InChI is InChI=1S/C15H17ClN2O/c1-11-6-12(9-18-8-11)15(17-2)10-19-14-5-3-4-13(16)7-14/h3-9,15,17H,10H2,1-2H3. The fourth-order valence-corrected chi connectivity index (χ4v) is 2.03. The average molecular weight is 277 g/mol. The van der Waals surface area contributed by atoms with Crippen LogP contribution in [0, 0.1) is 6.92 Å². The lowest BCUT2D eigenvalue weighted by Gasteiger charge is -2.17. The molecule has 0 aliphatic carbocycles. The Morgan fingerprint density at radius 3 is 2.84 bits per heavy atom. The van der Waals surface area contributed by atoms with Crippen molar-refractivity contribution in [1.82, 2.24) is 10.3 Å². The van der Waals surface area contributed by atoms with E-state index in [0.717, 1.165) is 16.9 Å². The Labute approximate surface area is 118 Å². The zero-order chi connectivity index (χ0) is 13.7. The van der Waals surface area contributed by atoms with Crippen LogP contribution in [0.1, 0.15) is 17.2 Å². The lowest BCUT2D eigenvalue weighted by Crippen LogP contribution is -2.23. The van der Waals surface area contributed by atoms with Crippen molar-refractivity contribution in [2.45, 2.75) is 13.0 Å². The molecule has 1 aromatic carbocycles. The van der Waals surface area contributed by atoms with Gasteiger partial charge in [-0.25, -0.2) is 0 Å². The Balaban J connectivity index is 2.04. The summed E-state index contributed by atoms with van der Waals surface area (Å²) in [6, 6.07) is 9.62. The van der Waals surface area contributed by atoms with Crippen LogP contribution in [0.15, 0.2) is 42.7 Å². The second-order valence-corrected chi connectivity index (χ2v) is 4.84. The quantitative estimate of drug-likeness (QED) is 0.909. The van der Waals surface area contributed by atoms with Crippen molar-refractivity contribution >= 4 is 11.6 Å². The van der Waals surface area contributed by atoms with Crippen molar-refractivity contribution in [2.75, 3.05) is 13.7 Å². The summed E-state index contributed by atoms with van der Waals surface area (Å²) in [4.78, 5) is 4.21. The van der Waals surface area contributed by atoms with Crippen molar-refractivity contribution in [3.8, 4) is 5.75 Å². The molecule has 1 aromatic heterocycles. The van der Waals surface area contributed by atoms with E-state index in [1.54, 1.807) is 0 Å². The molecule has 2 aromatic rings. The highest BCUT2D eigenvalue weighted by Gasteiger charge is 2.10. The van der Waals surface area contributed by atoms with Gasteiger partial charge in [-0.1, -0.05) is 23.7 Å². The second-order valence-electron chi connectivity index (χ2n) is 4.41. The van der Waals surface area contributed by atoms with Gasteiger partial charge in [0.25, 0.3) is 0 Å². The number of aromatic nitrogens is 1. The van der Waals surface area contributed by atoms with Crippen LogP contribution in [-0.2, 0) is 0 Å². The van der Waals surface area contributed by atoms with Crippen molar-refractivity contribution in [3.63, 3.8) is 0 Å². The highest BCUT2D eigenvalue weighted by atomic mass is 35.5. The van der Waals surface area contributed by atoms with E-state index in [1.165, 1.54) is 0 Å². The number of aryl methyl sites for hydroxylation is 1. The minimum absolute atomic E-state index is 0.103. The molecule has 1 atom stereocenters. The highest BCUT2D eigenvalue weighted by molar-refractivity contribution is 6.30. The molecular formula is C15H17ClN2O. The fourth-order valence-electron chi connectivity index (χ4n) is 1.85. The largest absolute Gasteiger partial charge is 0.492 e. The number of likely N-dealkylation sites (N-methyl/N-ethyl adjacent to an activating group) is 1. The molecule has 0 aliphatic heterocycles. The first-order valence-corrected chi connectivity index (χ1v) is 6.54. The predicted molar refractivity (Wildman–Crippen MR) is 77.7 cm³/mol. The molecule has 1 heterocycles. The van der Waals surface area contributed by atoms with Crippen LogP contribution in [0.5, 0.6) is 5.75 Å². The van der Waals surface area contributed by atoms with Gasteiger partial charge >= 0.3 is 0 Å². The summed E-state index contributed by atoms with van der Waals surface area (Å²) in [5, 5.41) is 3.91. The van der Waals surface area contributed by atoms with E-state index >= 15 is 0 Å². The van der Waals surface area contributed by atoms with Gasteiger partial charge in [0, 0.05) is 17.4 Å². The third-order valence-corrected chi connectivity index (χ3v) is 3.09. The maximum absolute atomic E-state index is 5.93. The molecule has 19 heavy (non-hydrogen) atoms. The zero-order valence-electron chi connectivity index (χ0n) is 11.1. The third-order valence-electron chi connectivity index (χ3n) is 2.86. The average Bonchev–Trinajstić information content (AvgIpc) is 2.40. The molecule has 0 radical (unpaired) electrons. The number of rotatable bonds is 5. The first-order chi connectivity index (χ1) is 9.19. The SMILES string of the molecule is CNC(COc1cccc(Cl)c1)c1cncc(C)c1. The highest BCUT2D eigenvalue weighted by Crippen LogP contribution is 2.19. The second kappa shape index (κ2) is 6.55. The smallest absolute Gasteiger partial charge is 0.120 e. The molecule has 0 saturated carbocycles. The Kier molecular flexibility index (Phi) is 4.77. The maximum Gasteiger partial charge on any atom is 0.120 e. The lowest BCUT2D eigenvalue weighted by atomic mass is 10.1. The number of hydrogen-bond acceptors (Lipinski definition) is 3. The fraction of sp³-hybridized carbons (Fsp3) is 0.267. The zero-order valence-corrected chi connectivity index (χ0v) is 11.8. The molecule has 0 saturated heterocycles. The molecule has 3 nitrogen and oxygen atoms in total. The van der Waals surface area contributed by atoms with Gasteiger partial charge in [-0.15, -0.1) is 0 Å². The first-order valence-electron chi connectivity index (χ1n) is 6.16. The Morgan fingerprint density at radius 1 is 1.32 bits per heavy atom. The van der Waals surface area contributed by atoms with Crippen molar-refractivity contribution in [1.29, 1.82) is 0 Å². The monoisotopic (exact) mass is 276 g/mol. The van der Waals surface area contributed by atoms with Crippen LogP contribution in [0.3, 0.4) is 0 Å². The normalized spacial score (nSPS) is 12.2. The van der Waals surface area contributed by atoms with E-state index in [0.29, 0.717) is 11.6 Å². The lowest BCUT2D eigenvalue weighted by molar-refractivity contribution is 0.273. The van der Waals surface area contributed by atoms with Crippen LogP contribution in [0.25, 0.3) is 0 Å². The van der Waals surface area contributed by atoms with Crippen LogP contribution in [0.2, 0.25) is 5.02 Å². The Morgan fingerprint density at radius 2 is 2.16 bits per heavy atom. The third kappa shape index (κ3) is 3.94. The van der Waals surface area contributed by atoms with Gasteiger partial charge in [-0.05, 0) is 43.3 Å². The first kappa shape index (κ1) is 13.8. The van der Waals surface area contributed by atoms with E-state index in [4.69, 9.17) is 16.3 Å². The predicted octanol–water partition coefficient (Wildman–Crippen LogP) is 3.38. The maximum atomic E-state index is 5.93. The van der Waals surface area contributed by atoms with Crippen LogP contribution in [0.4, 0.5) is 0 Å². The number of benzene rings is 1. The van der Waals surface area contributed by atoms with E-state index in [9.17, 15) is 0 Å². The summed E-state index contributed by atoms with van der Waals surface area (Å²) in [7, 11) is 1.91. The van der Waals surface area contributed by atoms with E-state index in [1.807, 2.05) is 50.6 Å². The molecular weight excluding hydrogens is 260 g/mol. The van der Waals surface area contributed by atoms with Gasteiger partial charge in [-0.2, -0.15) is 0 Å². The van der Waals surface area contributed by atoms with Crippen molar-refractivity contribution in [3.05, 3.63) is 58.9 Å². The summed E-state index contributed by atoms with van der Waals surface area (Å²) in [6.45, 7) is 2.56. The molecule has 1 unspecified atom stereocenters. The van der Waals surface area contributed by atoms with Gasteiger partial charge in [0.1, 0.15) is 12.4 Å². The molecule has 0 bridgehead atoms. The number of pyridine rings is 1. The molecule has 0 aliphatic rings. The van der Waals surface area contributed by atoms with Crippen molar-refractivity contribution in [2.24, 2.45) is 0 Å². The van der Waals surface area contributed by atoms with Crippen LogP contribution < -0.4 is 10.1 Å². The van der Waals surface area contributed by atoms with Gasteiger partial charge in [0.05, 0.1) is 6.04 Å². The number of hydrogen-bond donors (Lipinski definition) is 1. The van der Waals surface area contributed by atoms with Gasteiger partial charge < -0.3 is 10.1 Å². The minimum atomic E-state index is 0.103. The van der Waals surface area contributed by atoms with E-state index in [2.05, 4.69) is 16.4 Å². The number of nitrogens with zero attached hydrogens (tertiary/aromatic N) is 1. The Bertz CT molecular complexity index is 545. The summed E-state index contributed by atoms with van der Waals surface area (Å²) < 4.78 is 5.76.